The molecule has 2 heterocycles. The summed E-state index contributed by atoms with van der Waals surface area (Å²) < 4.78 is 7.29. The smallest absolute Gasteiger partial charge is 0.271 e. The minimum Gasteiger partial charge on any atom is -0.460 e. The van der Waals surface area contributed by atoms with Crippen LogP contribution in [0.3, 0.4) is 0 Å². The first-order valence-corrected chi connectivity index (χ1v) is 8.01. The van der Waals surface area contributed by atoms with Crippen LogP contribution in [-0.4, -0.2) is 21.9 Å². The molecule has 6 nitrogen and oxygen atoms in total. The molecule has 0 aliphatic rings. The average molecular weight is 336 g/mol. The van der Waals surface area contributed by atoms with Gasteiger partial charge in [0.2, 0.25) is 0 Å². The van der Waals surface area contributed by atoms with Gasteiger partial charge in [0.25, 0.3) is 5.91 Å². The van der Waals surface area contributed by atoms with Gasteiger partial charge in [-0.15, -0.1) is 0 Å². The first-order valence-electron chi connectivity index (χ1n) is 8.01. The van der Waals surface area contributed by atoms with Crippen LogP contribution in [0.1, 0.15) is 38.8 Å². The van der Waals surface area contributed by atoms with Crippen LogP contribution >= 0.6 is 0 Å². The number of furan rings is 1. The molecule has 0 atom stereocenters. The molecule has 0 unspecified atom stereocenters. The lowest BCUT2D eigenvalue weighted by Crippen LogP contribution is -2.17. The topological polar surface area (TPSA) is 72.4 Å². The number of hydrazone groups is 1. The fourth-order valence-corrected chi connectivity index (χ4v) is 2.51. The minimum atomic E-state index is -0.266. The molecular formula is C19H20N4O2. The van der Waals surface area contributed by atoms with E-state index in [-0.39, 0.29) is 5.91 Å². The summed E-state index contributed by atoms with van der Waals surface area (Å²) in [6.07, 6.45) is 1.47. The Morgan fingerprint density at radius 3 is 2.56 bits per heavy atom. The van der Waals surface area contributed by atoms with Gasteiger partial charge in [0.05, 0.1) is 18.5 Å². The molecule has 0 spiro atoms. The maximum atomic E-state index is 12.1. The molecule has 6 heteroatoms. The number of carbonyl (C=O) groups excluding carboxylic acids is 1. The van der Waals surface area contributed by atoms with Crippen molar-refractivity contribution in [3.05, 3.63) is 76.5 Å². The van der Waals surface area contributed by atoms with Crippen molar-refractivity contribution in [1.29, 1.82) is 0 Å². The Bertz CT molecular complexity index is 904. The lowest BCUT2D eigenvalue weighted by molar-refractivity contribution is 0.0955. The average Bonchev–Trinajstić information content (AvgIpc) is 3.13. The number of hydrogen-bond acceptors (Lipinski definition) is 4. The fourth-order valence-electron chi connectivity index (χ4n) is 2.51. The van der Waals surface area contributed by atoms with Gasteiger partial charge in [-0.3, -0.25) is 9.48 Å². The summed E-state index contributed by atoms with van der Waals surface area (Å²) in [5.41, 5.74) is 6.23. The molecule has 0 radical (unpaired) electrons. The summed E-state index contributed by atoms with van der Waals surface area (Å²) >= 11 is 0. The number of carbonyl (C=O) groups is 1. The van der Waals surface area contributed by atoms with E-state index in [1.807, 2.05) is 49.7 Å². The van der Waals surface area contributed by atoms with Gasteiger partial charge in [-0.2, -0.15) is 10.2 Å². The van der Waals surface area contributed by atoms with Crippen LogP contribution in [0.25, 0.3) is 0 Å². The molecule has 3 aromatic rings. The van der Waals surface area contributed by atoms with Crippen molar-refractivity contribution >= 4 is 12.1 Å². The molecular weight excluding hydrogens is 316 g/mol. The van der Waals surface area contributed by atoms with Crippen LogP contribution < -0.4 is 5.43 Å². The van der Waals surface area contributed by atoms with Crippen molar-refractivity contribution in [2.45, 2.75) is 27.3 Å². The number of hydrogen-bond donors (Lipinski definition) is 1. The zero-order valence-electron chi connectivity index (χ0n) is 14.5. The molecule has 0 aliphatic carbocycles. The monoisotopic (exact) mass is 336 g/mol. The van der Waals surface area contributed by atoms with E-state index in [1.54, 1.807) is 18.2 Å². The third-order valence-electron chi connectivity index (χ3n) is 3.77. The predicted molar refractivity (Wildman–Crippen MR) is 95.8 cm³/mol. The Kier molecular flexibility index (Phi) is 4.79. The van der Waals surface area contributed by atoms with Crippen LogP contribution in [0.4, 0.5) is 0 Å². The molecule has 1 N–H and O–H groups in total. The maximum Gasteiger partial charge on any atom is 0.271 e. The lowest BCUT2D eigenvalue weighted by atomic mass is 10.1. The second-order valence-corrected chi connectivity index (χ2v) is 5.93. The van der Waals surface area contributed by atoms with Crippen molar-refractivity contribution in [3.8, 4) is 0 Å². The van der Waals surface area contributed by atoms with Gasteiger partial charge in [0.1, 0.15) is 11.5 Å². The van der Waals surface area contributed by atoms with E-state index in [9.17, 15) is 4.79 Å². The molecule has 0 fully saturated rings. The fraction of sp³-hybridized carbons (Fsp3) is 0.211. The Hall–Kier alpha value is -3.15. The summed E-state index contributed by atoms with van der Waals surface area (Å²) in [5, 5.41) is 8.35. The van der Waals surface area contributed by atoms with Crippen molar-refractivity contribution < 1.29 is 9.21 Å². The van der Waals surface area contributed by atoms with Gasteiger partial charge in [-0.05, 0) is 56.7 Å². The summed E-state index contributed by atoms with van der Waals surface area (Å²) in [7, 11) is 0. The zero-order valence-corrected chi connectivity index (χ0v) is 14.5. The minimum absolute atomic E-state index is 0.266. The Morgan fingerprint density at radius 2 is 1.96 bits per heavy atom. The largest absolute Gasteiger partial charge is 0.460 e. The van der Waals surface area contributed by atoms with Crippen molar-refractivity contribution in [2.75, 3.05) is 0 Å². The first kappa shape index (κ1) is 16.7. The second-order valence-electron chi connectivity index (χ2n) is 5.93. The molecule has 128 valence electrons. The highest BCUT2D eigenvalue weighted by molar-refractivity contribution is 5.94. The maximum absolute atomic E-state index is 12.1. The summed E-state index contributed by atoms with van der Waals surface area (Å²) in [5.74, 6) is 1.13. The van der Waals surface area contributed by atoms with E-state index in [1.165, 1.54) is 6.21 Å². The molecule has 1 amide bonds. The highest BCUT2D eigenvalue weighted by atomic mass is 16.3. The summed E-state index contributed by atoms with van der Waals surface area (Å²) in [4.78, 5) is 12.1. The number of aromatic nitrogens is 2. The normalized spacial score (nSPS) is 11.2. The van der Waals surface area contributed by atoms with Crippen molar-refractivity contribution in [3.63, 3.8) is 0 Å². The standard InChI is InChI=1S/C19H20N4O2/c1-13-10-14(2)23(22-13)12-16-5-7-17(8-6-16)19(24)21-20-11-18-9-4-15(3)25-18/h4-11H,12H2,1-3H3,(H,21,24)/b20-11-. The summed E-state index contributed by atoms with van der Waals surface area (Å²) in [6.45, 7) is 6.53. The van der Waals surface area contributed by atoms with Gasteiger partial charge in [-0.25, -0.2) is 5.43 Å². The van der Waals surface area contributed by atoms with E-state index in [0.29, 0.717) is 17.9 Å². The van der Waals surface area contributed by atoms with Gasteiger partial charge < -0.3 is 4.42 Å². The number of nitrogens with one attached hydrogen (secondary N) is 1. The van der Waals surface area contributed by atoms with E-state index in [0.717, 1.165) is 22.7 Å². The number of amides is 1. The van der Waals surface area contributed by atoms with Gasteiger partial charge in [-0.1, -0.05) is 12.1 Å². The number of nitrogens with zero attached hydrogens (tertiary/aromatic N) is 3. The Labute approximate surface area is 146 Å². The molecule has 0 aliphatic heterocycles. The second kappa shape index (κ2) is 7.17. The summed E-state index contributed by atoms with van der Waals surface area (Å²) in [6, 6.07) is 13.1. The van der Waals surface area contributed by atoms with E-state index < -0.39 is 0 Å². The molecule has 1 aromatic carbocycles. The number of benzene rings is 1. The lowest BCUT2D eigenvalue weighted by Gasteiger charge is -2.06. The molecule has 0 saturated heterocycles. The molecule has 2 aromatic heterocycles. The molecule has 0 saturated carbocycles. The van der Waals surface area contributed by atoms with E-state index in [2.05, 4.69) is 15.6 Å². The SMILES string of the molecule is Cc1cc(C)n(Cc2ccc(C(=O)N/N=C\c3ccc(C)o3)cc2)n1. The van der Waals surface area contributed by atoms with Crippen molar-refractivity contribution in [1.82, 2.24) is 15.2 Å². The van der Waals surface area contributed by atoms with E-state index in [4.69, 9.17) is 4.42 Å². The molecule has 25 heavy (non-hydrogen) atoms. The van der Waals surface area contributed by atoms with Gasteiger partial charge in [0, 0.05) is 11.3 Å². The Balaban J connectivity index is 1.60. The Morgan fingerprint density at radius 1 is 1.20 bits per heavy atom. The highest BCUT2D eigenvalue weighted by Gasteiger charge is 2.06. The van der Waals surface area contributed by atoms with Crippen LogP contribution in [0, 0.1) is 20.8 Å². The first-order chi connectivity index (χ1) is 12.0. The molecule has 0 bridgehead atoms. The van der Waals surface area contributed by atoms with Crippen LogP contribution in [-0.2, 0) is 6.54 Å². The number of rotatable bonds is 5. The van der Waals surface area contributed by atoms with Crippen molar-refractivity contribution in [2.24, 2.45) is 5.10 Å². The zero-order chi connectivity index (χ0) is 17.8. The van der Waals surface area contributed by atoms with Gasteiger partial charge >= 0.3 is 0 Å². The van der Waals surface area contributed by atoms with Crippen LogP contribution in [0.5, 0.6) is 0 Å². The number of aryl methyl sites for hydroxylation is 3. The van der Waals surface area contributed by atoms with Crippen LogP contribution in [0.2, 0.25) is 0 Å². The van der Waals surface area contributed by atoms with Gasteiger partial charge in [0.15, 0.2) is 0 Å². The quantitative estimate of drug-likeness (QED) is 0.574. The third kappa shape index (κ3) is 4.23. The van der Waals surface area contributed by atoms with Crippen LogP contribution in [0.15, 0.2) is 52.0 Å². The predicted octanol–water partition coefficient (Wildman–Crippen LogP) is 3.21. The van der Waals surface area contributed by atoms with E-state index >= 15 is 0 Å². The highest BCUT2D eigenvalue weighted by Crippen LogP contribution is 2.09. The third-order valence-corrected chi connectivity index (χ3v) is 3.77. The molecule has 3 rings (SSSR count).